The molecule has 0 radical (unpaired) electrons. The van der Waals surface area contributed by atoms with E-state index in [1.165, 1.54) is 0 Å². The van der Waals surface area contributed by atoms with Crippen molar-refractivity contribution in [2.75, 3.05) is 24.5 Å². The number of hydrogen-bond acceptors (Lipinski definition) is 6. The monoisotopic (exact) mass is 467 g/mol. The van der Waals surface area contributed by atoms with E-state index in [2.05, 4.69) is 15.0 Å². The fraction of sp³-hybridized carbons (Fsp3) is 0.524. The second-order valence-electron chi connectivity index (χ2n) is 8.45. The molecule has 2 aromatic rings. The Labute approximate surface area is 187 Å². The van der Waals surface area contributed by atoms with Crippen LogP contribution in [0.3, 0.4) is 0 Å². The molecule has 0 bridgehead atoms. The third kappa shape index (κ3) is 4.32. The number of amides is 1. The first-order valence-corrected chi connectivity index (χ1v) is 10.9. The lowest BCUT2D eigenvalue weighted by Crippen LogP contribution is -2.39. The first-order chi connectivity index (χ1) is 15.3. The van der Waals surface area contributed by atoms with E-state index in [1.807, 2.05) is 0 Å². The van der Waals surface area contributed by atoms with Crippen LogP contribution in [0.4, 0.5) is 19.0 Å². The molecule has 2 aliphatic heterocycles. The van der Waals surface area contributed by atoms with Gasteiger partial charge in [-0.15, -0.1) is 0 Å². The minimum absolute atomic E-state index is 0.0261. The molecule has 1 saturated carbocycles. The maximum Gasteiger partial charge on any atom is 0.417 e. The SMILES string of the molecule is O=C1CCN(c2ncc(C(F)(F)F)cc2Cl)C[C@H]2C[C@H](Oc3cnc(C4CC4)cn3)CN12. The summed E-state index contributed by atoms with van der Waals surface area (Å²) in [6, 6.07) is 0.715. The molecule has 32 heavy (non-hydrogen) atoms. The van der Waals surface area contributed by atoms with E-state index in [1.54, 1.807) is 22.2 Å². The smallest absolute Gasteiger partial charge is 0.417 e. The molecule has 170 valence electrons. The van der Waals surface area contributed by atoms with Crippen LogP contribution in [0.2, 0.25) is 5.02 Å². The van der Waals surface area contributed by atoms with Gasteiger partial charge in [0, 0.05) is 38.0 Å². The van der Waals surface area contributed by atoms with Crippen LogP contribution in [0.25, 0.3) is 0 Å². The maximum absolute atomic E-state index is 12.9. The van der Waals surface area contributed by atoms with Crippen molar-refractivity contribution >= 4 is 23.3 Å². The van der Waals surface area contributed by atoms with Crippen LogP contribution in [0, 0.1) is 0 Å². The van der Waals surface area contributed by atoms with Gasteiger partial charge in [0.15, 0.2) is 0 Å². The minimum atomic E-state index is -4.52. The summed E-state index contributed by atoms with van der Waals surface area (Å²) in [5.41, 5.74) is 0.0753. The molecule has 2 saturated heterocycles. The molecule has 4 heterocycles. The maximum atomic E-state index is 12.9. The Kier molecular flexibility index (Phi) is 5.35. The van der Waals surface area contributed by atoms with E-state index in [9.17, 15) is 18.0 Å². The molecule has 3 aliphatic rings. The van der Waals surface area contributed by atoms with Gasteiger partial charge in [-0.25, -0.2) is 9.97 Å². The normalized spacial score (nSPS) is 23.8. The van der Waals surface area contributed by atoms with Crippen LogP contribution >= 0.6 is 11.6 Å². The molecule has 0 aromatic carbocycles. The molecule has 3 fully saturated rings. The van der Waals surface area contributed by atoms with Crippen molar-refractivity contribution in [1.29, 1.82) is 0 Å². The van der Waals surface area contributed by atoms with Gasteiger partial charge in [0.05, 0.1) is 41.3 Å². The van der Waals surface area contributed by atoms with Crippen LogP contribution in [0.15, 0.2) is 24.7 Å². The number of aromatic nitrogens is 3. The van der Waals surface area contributed by atoms with Crippen molar-refractivity contribution in [2.24, 2.45) is 0 Å². The number of carbonyl (C=O) groups excluding carboxylic acids is 1. The Balaban J connectivity index is 1.28. The molecule has 5 rings (SSSR count). The van der Waals surface area contributed by atoms with Gasteiger partial charge in [-0.3, -0.25) is 9.78 Å². The molecule has 0 spiro atoms. The molecule has 1 amide bonds. The first kappa shape index (κ1) is 21.2. The van der Waals surface area contributed by atoms with Crippen molar-refractivity contribution in [3.05, 3.63) is 40.9 Å². The Morgan fingerprint density at radius 1 is 1.09 bits per heavy atom. The topological polar surface area (TPSA) is 71.5 Å². The average Bonchev–Trinajstić information content (AvgIpc) is 3.54. The number of halogens is 4. The molecule has 2 atom stereocenters. The molecule has 0 unspecified atom stereocenters. The Hall–Kier alpha value is -2.62. The zero-order chi connectivity index (χ0) is 22.5. The number of nitrogens with zero attached hydrogens (tertiary/aromatic N) is 5. The zero-order valence-corrected chi connectivity index (χ0v) is 17.8. The third-order valence-corrected chi connectivity index (χ3v) is 6.38. The summed E-state index contributed by atoms with van der Waals surface area (Å²) in [5.74, 6) is 1.16. The van der Waals surface area contributed by atoms with Crippen LogP contribution in [-0.2, 0) is 11.0 Å². The summed E-state index contributed by atoms with van der Waals surface area (Å²) in [6.45, 7) is 1.18. The van der Waals surface area contributed by atoms with E-state index >= 15 is 0 Å². The molecule has 0 N–H and O–H groups in total. The highest BCUT2D eigenvalue weighted by atomic mass is 35.5. The van der Waals surface area contributed by atoms with Crippen LogP contribution < -0.4 is 9.64 Å². The standard InChI is InChI=1S/C21H21ClF3N5O2/c22-16-5-13(21(23,24)25)7-28-20(16)29-4-3-19(31)30-11-15(6-14(30)10-29)32-18-9-26-17(8-27-18)12-1-2-12/h5,7-9,12,14-15H,1-4,6,10-11H2/t14-,15+/m1/s1. The lowest BCUT2D eigenvalue weighted by atomic mass is 10.2. The van der Waals surface area contributed by atoms with Crippen molar-refractivity contribution in [3.63, 3.8) is 0 Å². The van der Waals surface area contributed by atoms with Gasteiger partial charge in [-0.05, 0) is 18.9 Å². The Morgan fingerprint density at radius 2 is 1.91 bits per heavy atom. The predicted molar refractivity (Wildman–Crippen MR) is 110 cm³/mol. The van der Waals surface area contributed by atoms with Crippen molar-refractivity contribution in [3.8, 4) is 5.88 Å². The van der Waals surface area contributed by atoms with Gasteiger partial charge in [0.2, 0.25) is 11.8 Å². The van der Waals surface area contributed by atoms with Crippen molar-refractivity contribution in [1.82, 2.24) is 19.9 Å². The molecule has 2 aromatic heterocycles. The molecular formula is C21H21ClF3N5O2. The van der Waals surface area contributed by atoms with Gasteiger partial charge in [0.1, 0.15) is 11.9 Å². The summed E-state index contributed by atoms with van der Waals surface area (Å²) in [5, 5.41) is -0.0856. The zero-order valence-electron chi connectivity index (χ0n) is 17.1. The van der Waals surface area contributed by atoms with Gasteiger partial charge < -0.3 is 14.5 Å². The summed E-state index contributed by atoms with van der Waals surface area (Å²) in [6.07, 6.45) is 2.47. The number of anilines is 1. The van der Waals surface area contributed by atoms with Gasteiger partial charge >= 0.3 is 6.18 Å². The Morgan fingerprint density at radius 3 is 2.56 bits per heavy atom. The second-order valence-corrected chi connectivity index (χ2v) is 8.86. The largest absolute Gasteiger partial charge is 0.471 e. The highest BCUT2D eigenvalue weighted by molar-refractivity contribution is 6.33. The summed E-state index contributed by atoms with van der Waals surface area (Å²) in [7, 11) is 0. The van der Waals surface area contributed by atoms with Gasteiger partial charge in [-0.2, -0.15) is 13.2 Å². The van der Waals surface area contributed by atoms with E-state index in [4.69, 9.17) is 16.3 Å². The Bertz CT molecular complexity index is 1020. The summed E-state index contributed by atoms with van der Waals surface area (Å²) < 4.78 is 44.8. The third-order valence-electron chi connectivity index (χ3n) is 6.10. The fourth-order valence-corrected chi connectivity index (χ4v) is 4.60. The molecular weight excluding hydrogens is 447 g/mol. The summed E-state index contributed by atoms with van der Waals surface area (Å²) >= 11 is 6.13. The van der Waals surface area contributed by atoms with Gasteiger partial charge in [-0.1, -0.05) is 11.6 Å². The first-order valence-electron chi connectivity index (χ1n) is 10.5. The second kappa shape index (κ2) is 8.06. The number of hydrogen-bond donors (Lipinski definition) is 0. The number of ether oxygens (including phenoxy) is 1. The van der Waals surface area contributed by atoms with E-state index in [0.29, 0.717) is 37.9 Å². The van der Waals surface area contributed by atoms with Crippen molar-refractivity contribution in [2.45, 2.75) is 49.9 Å². The molecule has 1 aliphatic carbocycles. The highest BCUT2D eigenvalue weighted by Crippen LogP contribution is 2.39. The lowest BCUT2D eigenvalue weighted by molar-refractivity contribution is -0.137. The molecule has 7 nitrogen and oxygen atoms in total. The van der Waals surface area contributed by atoms with Crippen LogP contribution in [-0.4, -0.2) is 57.5 Å². The average molecular weight is 468 g/mol. The number of carbonyl (C=O) groups is 1. The van der Waals surface area contributed by atoms with Crippen molar-refractivity contribution < 1.29 is 22.7 Å². The van der Waals surface area contributed by atoms with Gasteiger partial charge in [0.25, 0.3) is 0 Å². The van der Waals surface area contributed by atoms with E-state index in [0.717, 1.165) is 30.8 Å². The number of rotatable bonds is 4. The number of alkyl halides is 3. The number of pyridine rings is 1. The fourth-order valence-electron chi connectivity index (χ4n) is 4.32. The molecule has 11 heteroatoms. The predicted octanol–water partition coefficient (Wildman–Crippen LogP) is 3.68. The number of fused-ring (bicyclic) bond motifs is 1. The van der Waals surface area contributed by atoms with Crippen LogP contribution in [0.5, 0.6) is 5.88 Å². The van der Waals surface area contributed by atoms with E-state index < -0.39 is 11.7 Å². The summed E-state index contributed by atoms with van der Waals surface area (Å²) in [4.78, 5) is 28.9. The minimum Gasteiger partial charge on any atom is -0.471 e. The highest BCUT2D eigenvalue weighted by Gasteiger charge is 2.40. The quantitative estimate of drug-likeness (QED) is 0.683. The lowest BCUT2D eigenvalue weighted by Gasteiger charge is -2.27. The van der Waals surface area contributed by atoms with Crippen LogP contribution in [0.1, 0.15) is 42.9 Å². The van der Waals surface area contributed by atoms with E-state index in [-0.39, 0.29) is 35.3 Å².